The van der Waals surface area contributed by atoms with Gasteiger partial charge in [0.2, 0.25) is 0 Å². The predicted octanol–water partition coefficient (Wildman–Crippen LogP) is 2.60. The minimum Gasteiger partial charge on any atom is -0.492 e. The molecule has 1 aliphatic rings. The van der Waals surface area contributed by atoms with Gasteiger partial charge in [-0.2, -0.15) is 0 Å². The topological polar surface area (TPSA) is 41.5 Å². The van der Waals surface area contributed by atoms with Crippen LogP contribution in [0.2, 0.25) is 5.02 Å². The van der Waals surface area contributed by atoms with E-state index in [0.717, 1.165) is 37.2 Å². The van der Waals surface area contributed by atoms with E-state index in [0.29, 0.717) is 11.6 Å². The molecule has 1 fully saturated rings. The Hall–Kier alpha value is -0.770. The summed E-state index contributed by atoms with van der Waals surface area (Å²) in [6.07, 6.45) is 2.25. The van der Waals surface area contributed by atoms with Gasteiger partial charge in [-0.3, -0.25) is 0 Å². The molecular weight excluding hydrogens is 250 g/mol. The SMILES string of the molecule is CCOc1ccc(CNCC2(CO)CC2)cc1Cl. The Balaban J connectivity index is 1.84. The van der Waals surface area contributed by atoms with Crippen molar-refractivity contribution in [3.63, 3.8) is 0 Å². The van der Waals surface area contributed by atoms with Crippen LogP contribution in [-0.2, 0) is 6.54 Å². The smallest absolute Gasteiger partial charge is 0.137 e. The van der Waals surface area contributed by atoms with Crippen molar-refractivity contribution in [1.82, 2.24) is 5.32 Å². The second-order valence-electron chi connectivity index (χ2n) is 4.96. The van der Waals surface area contributed by atoms with Gasteiger partial charge in [0.15, 0.2) is 0 Å². The third-order valence-electron chi connectivity index (χ3n) is 3.42. The van der Waals surface area contributed by atoms with Crippen LogP contribution in [0.15, 0.2) is 18.2 Å². The minimum atomic E-state index is 0.148. The molecule has 0 radical (unpaired) electrons. The Bertz CT molecular complexity index is 405. The highest BCUT2D eigenvalue weighted by atomic mass is 35.5. The summed E-state index contributed by atoms with van der Waals surface area (Å²) in [5.41, 5.74) is 1.28. The molecule has 0 spiro atoms. The lowest BCUT2D eigenvalue weighted by Gasteiger charge is -2.13. The molecule has 100 valence electrons. The number of hydrogen-bond donors (Lipinski definition) is 2. The number of aliphatic hydroxyl groups excluding tert-OH is 1. The van der Waals surface area contributed by atoms with Crippen LogP contribution in [0.3, 0.4) is 0 Å². The van der Waals surface area contributed by atoms with Gasteiger partial charge in [0.25, 0.3) is 0 Å². The van der Waals surface area contributed by atoms with Crippen molar-refractivity contribution < 1.29 is 9.84 Å². The van der Waals surface area contributed by atoms with E-state index in [9.17, 15) is 5.11 Å². The highest BCUT2D eigenvalue weighted by Crippen LogP contribution is 2.44. The van der Waals surface area contributed by atoms with E-state index in [1.165, 1.54) is 0 Å². The normalized spacial score (nSPS) is 16.6. The Morgan fingerprint density at radius 2 is 2.22 bits per heavy atom. The molecule has 2 N–H and O–H groups in total. The summed E-state index contributed by atoms with van der Waals surface area (Å²) < 4.78 is 5.39. The number of ether oxygens (including phenoxy) is 1. The predicted molar refractivity (Wildman–Crippen MR) is 73.1 cm³/mol. The summed E-state index contributed by atoms with van der Waals surface area (Å²) in [6, 6.07) is 5.85. The molecule has 0 heterocycles. The molecule has 0 aromatic heterocycles. The largest absolute Gasteiger partial charge is 0.492 e. The number of benzene rings is 1. The van der Waals surface area contributed by atoms with Crippen molar-refractivity contribution in [2.24, 2.45) is 5.41 Å². The maximum absolute atomic E-state index is 9.22. The van der Waals surface area contributed by atoms with Crippen LogP contribution in [0, 0.1) is 5.41 Å². The number of nitrogens with one attached hydrogen (secondary N) is 1. The van der Waals surface area contributed by atoms with Gasteiger partial charge in [0, 0.05) is 25.1 Å². The van der Waals surface area contributed by atoms with Crippen molar-refractivity contribution in [3.8, 4) is 5.75 Å². The van der Waals surface area contributed by atoms with E-state index in [4.69, 9.17) is 16.3 Å². The summed E-state index contributed by atoms with van der Waals surface area (Å²) in [5.74, 6) is 0.733. The molecule has 3 nitrogen and oxygen atoms in total. The molecule has 18 heavy (non-hydrogen) atoms. The molecule has 0 amide bonds. The van der Waals surface area contributed by atoms with E-state index in [-0.39, 0.29) is 12.0 Å². The summed E-state index contributed by atoms with van der Waals surface area (Å²) in [4.78, 5) is 0. The van der Waals surface area contributed by atoms with Crippen LogP contribution in [-0.4, -0.2) is 24.9 Å². The third kappa shape index (κ3) is 3.37. The van der Waals surface area contributed by atoms with Crippen LogP contribution < -0.4 is 10.1 Å². The Labute approximate surface area is 113 Å². The fourth-order valence-electron chi connectivity index (χ4n) is 1.97. The van der Waals surface area contributed by atoms with E-state index in [2.05, 4.69) is 5.32 Å². The molecule has 4 heteroatoms. The van der Waals surface area contributed by atoms with Gasteiger partial charge in [0.05, 0.1) is 11.6 Å². The number of aliphatic hydroxyl groups is 1. The molecule has 0 unspecified atom stereocenters. The maximum Gasteiger partial charge on any atom is 0.137 e. The van der Waals surface area contributed by atoms with Crippen LogP contribution in [0.5, 0.6) is 5.75 Å². The summed E-state index contributed by atoms with van der Waals surface area (Å²) >= 11 is 6.12. The highest BCUT2D eigenvalue weighted by Gasteiger charge is 2.41. The van der Waals surface area contributed by atoms with Gasteiger partial charge < -0.3 is 15.2 Å². The average Bonchev–Trinajstić information content (AvgIpc) is 3.13. The molecule has 1 aromatic carbocycles. The fraction of sp³-hybridized carbons (Fsp3) is 0.571. The Morgan fingerprint density at radius 1 is 1.44 bits per heavy atom. The first-order valence-corrected chi connectivity index (χ1v) is 6.80. The number of hydrogen-bond acceptors (Lipinski definition) is 3. The van der Waals surface area contributed by atoms with Gasteiger partial charge in [0.1, 0.15) is 5.75 Å². The molecule has 0 atom stereocenters. The van der Waals surface area contributed by atoms with Gasteiger partial charge >= 0.3 is 0 Å². The van der Waals surface area contributed by atoms with E-state index < -0.39 is 0 Å². The van der Waals surface area contributed by atoms with Gasteiger partial charge in [-0.15, -0.1) is 0 Å². The van der Waals surface area contributed by atoms with Gasteiger partial charge in [-0.25, -0.2) is 0 Å². The first-order chi connectivity index (χ1) is 8.69. The van der Waals surface area contributed by atoms with Crippen molar-refractivity contribution in [2.45, 2.75) is 26.3 Å². The van der Waals surface area contributed by atoms with E-state index in [1.807, 2.05) is 25.1 Å². The molecule has 0 saturated heterocycles. The summed E-state index contributed by atoms with van der Waals surface area (Å²) in [5, 5.41) is 13.2. The first kappa shape index (κ1) is 13.7. The first-order valence-electron chi connectivity index (χ1n) is 6.42. The zero-order chi connectivity index (χ0) is 13.0. The molecular formula is C14H20ClNO2. The zero-order valence-corrected chi connectivity index (χ0v) is 11.5. The van der Waals surface area contributed by atoms with Gasteiger partial charge in [-0.05, 0) is 37.5 Å². The van der Waals surface area contributed by atoms with E-state index >= 15 is 0 Å². The Morgan fingerprint density at radius 3 is 2.78 bits per heavy atom. The minimum absolute atomic E-state index is 0.148. The Kier molecular flexibility index (Phi) is 4.49. The summed E-state index contributed by atoms with van der Waals surface area (Å²) in [7, 11) is 0. The molecule has 0 bridgehead atoms. The lowest BCUT2D eigenvalue weighted by molar-refractivity contribution is 0.207. The van der Waals surface area contributed by atoms with Crippen molar-refractivity contribution in [3.05, 3.63) is 28.8 Å². The molecule has 0 aliphatic heterocycles. The fourth-order valence-corrected chi connectivity index (χ4v) is 2.22. The molecule has 1 aromatic rings. The average molecular weight is 270 g/mol. The van der Waals surface area contributed by atoms with Crippen molar-refractivity contribution in [2.75, 3.05) is 19.8 Å². The lowest BCUT2D eigenvalue weighted by atomic mass is 10.1. The van der Waals surface area contributed by atoms with Crippen molar-refractivity contribution in [1.29, 1.82) is 0 Å². The van der Waals surface area contributed by atoms with Crippen molar-refractivity contribution >= 4 is 11.6 Å². The molecule has 1 aliphatic carbocycles. The summed E-state index contributed by atoms with van der Waals surface area (Å²) in [6.45, 7) is 4.48. The monoisotopic (exact) mass is 269 g/mol. The third-order valence-corrected chi connectivity index (χ3v) is 3.71. The number of rotatable bonds is 7. The standard InChI is InChI=1S/C14H20ClNO2/c1-2-18-13-4-3-11(7-12(13)15)8-16-9-14(10-17)5-6-14/h3-4,7,16-17H,2,5-6,8-10H2,1H3. The molecule has 2 rings (SSSR count). The van der Waals surface area contributed by atoms with Crippen LogP contribution in [0.4, 0.5) is 0 Å². The van der Waals surface area contributed by atoms with Gasteiger partial charge in [-0.1, -0.05) is 17.7 Å². The van der Waals surface area contributed by atoms with E-state index in [1.54, 1.807) is 0 Å². The number of halogens is 1. The second kappa shape index (κ2) is 5.91. The quantitative estimate of drug-likeness (QED) is 0.800. The molecule has 1 saturated carbocycles. The van der Waals surface area contributed by atoms with Crippen LogP contribution in [0.25, 0.3) is 0 Å². The zero-order valence-electron chi connectivity index (χ0n) is 10.7. The van der Waals surface area contributed by atoms with Crippen LogP contribution >= 0.6 is 11.6 Å². The maximum atomic E-state index is 9.22. The van der Waals surface area contributed by atoms with Crippen LogP contribution in [0.1, 0.15) is 25.3 Å². The lowest BCUT2D eigenvalue weighted by Crippen LogP contribution is -2.26. The highest BCUT2D eigenvalue weighted by molar-refractivity contribution is 6.32. The second-order valence-corrected chi connectivity index (χ2v) is 5.37.